The number of nitrogens with zero attached hydrogens (tertiary/aromatic N) is 2. The zero-order chi connectivity index (χ0) is 17.1. The highest BCUT2D eigenvalue weighted by atomic mass is 16.2. The second-order valence-electron chi connectivity index (χ2n) is 5.74. The number of piperidine rings is 1. The molecule has 0 radical (unpaired) electrons. The summed E-state index contributed by atoms with van der Waals surface area (Å²) in [5, 5.41) is 7.14. The van der Waals surface area contributed by atoms with Gasteiger partial charge in [0, 0.05) is 36.7 Å². The van der Waals surface area contributed by atoms with Crippen molar-refractivity contribution in [1.29, 1.82) is 0 Å². The number of amides is 2. The van der Waals surface area contributed by atoms with Crippen molar-refractivity contribution in [3.05, 3.63) is 47.1 Å². The van der Waals surface area contributed by atoms with E-state index in [1.165, 1.54) is 6.08 Å². The number of nitrogens with one attached hydrogen (secondary N) is 3. The van der Waals surface area contributed by atoms with Crippen molar-refractivity contribution in [3.8, 4) is 0 Å². The first-order valence-electron chi connectivity index (χ1n) is 7.78. The summed E-state index contributed by atoms with van der Waals surface area (Å²) in [4.78, 5) is 32.0. The third kappa shape index (κ3) is 3.17. The van der Waals surface area contributed by atoms with Crippen LogP contribution in [0.5, 0.6) is 0 Å². The van der Waals surface area contributed by atoms with E-state index in [1.54, 1.807) is 23.5 Å². The molecule has 0 saturated carbocycles. The second kappa shape index (κ2) is 6.61. The molecule has 0 unspecified atom stereocenters. The predicted molar refractivity (Wildman–Crippen MR) is 88.7 cm³/mol. The highest BCUT2D eigenvalue weighted by Crippen LogP contribution is 2.11. The molecule has 2 amide bonds. The molecule has 2 aliphatic heterocycles. The maximum Gasteiger partial charge on any atom is 0.250 e. The lowest BCUT2D eigenvalue weighted by Gasteiger charge is -2.32. The Bertz CT molecular complexity index is 814. The maximum atomic E-state index is 11.6. The summed E-state index contributed by atoms with van der Waals surface area (Å²) in [7, 11) is 0. The van der Waals surface area contributed by atoms with Crippen LogP contribution in [0.4, 0.5) is 0 Å². The van der Waals surface area contributed by atoms with Crippen molar-refractivity contribution < 1.29 is 9.59 Å². The van der Waals surface area contributed by atoms with E-state index in [0.29, 0.717) is 29.4 Å². The normalized spacial score (nSPS) is 17.3. The van der Waals surface area contributed by atoms with E-state index in [4.69, 9.17) is 5.73 Å². The van der Waals surface area contributed by atoms with Crippen molar-refractivity contribution in [2.24, 2.45) is 10.7 Å². The molecule has 0 spiro atoms. The number of H-pyrrole nitrogens is 1. The largest absolute Gasteiger partial charge is 0.367 e. The molecule has 0 atom stereocenters. The first kappa shape index (κ1) is 15.9. The molecule has 8 heteroatoms. The number of primary amides is 1. The molecule has 1 saturated heterocycles. The van der Waals surface area contributed by atoms with E-state index in [1.807, 2.05) is 0 Å². The lowest BCUT2D eigenvalue weighted by Crippen LogP contribution is -2.45. The molecule has 126 valence electrons. The molecule has 3 heterocycles. The minimum absolute atomic E-state index is 0.0268. The monoisotopic (exact) mass is 328 g/mol. The Morgan fingerprint density at radius 2 is 2.17 bits per heavy atom. The van der Waals surface area contributed by atoms with Gasteiger partial charge in [-0.25, -0.2) is 4.99 Å². The van der Waals surface area contributed by atoms with Crippen molar-refractivity contribution in [1.82, 2.24) is 20.5 Å². The molecule has 1 fully saturated rings. The van der Waals surface area contributed by atoms with Gasteiger partial charge in [0.2, 0.25) is 5.91 Å². The number of hydrogen-bond acceptors (Lipinski definition) is 5. The molecule has 3 rings (SSSR count). The van der Waals surface area contributed by atoms with Crippen LogP contribution < -0.4 is 27.1 Å². The van der Waals surface area contributed by atoms with Crippen LogP contribution in [0.1, 0.15) is 23.2 Å². The van der Waals surface area contributed by atoms with Crippen LogP contribution >= 0.6 is 0 Å². The van der Waals surface area contributed by atoms with Crippen molar-refractivity contribution in [2.45, 2.75) is 18.9 Å². The van der Waals surface area contributed by atoms with E-state index in [0.717, 1.165) is 18.7 Å². The van der Waals surface area contributed by atoms with Gasteiger partial charge in [-0.2, -0.15) is 0 Å². The average Bonchev–Trinajstić information content (AvgIpc) is 2.90. The summed E-state index contributed by atoms with van der Waals surface area (Å²) in [6.07, 6.45) is 7.96. The molecular weight excluding hydrogens is 308 g/mol. The number of likely N-dealkylation sites (tertiary alicyclic amines) is 1. The second-order valence-corrected chi connectivity index (χ2v) is 5.74. The fourth-order valence-corrected chi connectivity index (χ4v) is 2.87. The molecular formula is C16H20N6O2. The number of carbonyl (C=O) groups is 2. The topological polar surface area (TPSA) is 116 Å². The smallest absolute Gasteiger partial charge is 0.250 e. The maximum absolute atomic E-state index is 11.6. The number of aromatic nitrogens is 1. The summed E-state index contributed by atoms with van der Waals surface area (Å²) in [6.45, 7) is 4.91. The number of aromatic amines is 1. The lowest BCUT2D eigenvalue weighted by molar-refractivity contribution is -0.127. The average molecular weight is 328 g/mol. The quantitative estimate of drug-likeness (QED) is 0.511. The van der Waals surface area contributed by atoms with Crippen LogP contribution in [-0.2, 0) is 4.79 Å². The van der Waals surface area contributed by atoms with E-state index >= 15 is 0 Å². The fraction of sp³-hybridized carbons (Fsp3) is 0.312. The molecule has 0 aliphatic carbocycles. The molecule has 8 nitrogen and oxygen atoms in total. The minimum atomic E-state index is -0.503. The molecule has 0 bridgehead atoms. The lowest BCUT2D eigenvalue weighted by atomic mass is 10.1. The molecule has 1 aromatic heterocycles. The zero-order valence-corrected chi connectivity index (χ0v) is 13.2. The minimum Gasteiger partial charge on any atom is -0.367 e. The van der Waals surface area contributed by atoms with E-state index in [9.17, 15) is 9.59 Å². The first-order valence-corrected chi connectivity index (χ1v) is 7.78. The van der Waals surface area contributed by atoms with Crippen molar-refractivity contribution >= 4 is 18.0 Å². The summed E-state index contributed by atoms with van der Waals surface area (Å²) in [5.41, 5.74) is 6.32. The van der Waals surface area contributed by atoms with Gasteiger partial charge in [0.05, 0.1) is 11.8 Å². The Balaban J connectivity index is 1.65. The van der Waals surface area contributed by atoms with Gasteiger partial charge in [0.25, 0.3) is 5.91 Å². The Kier molecular flexibility index (Phi) is 4.37. The van der Waals surface area contributed by atoms with E-state index in [-0.39, 0.29) is 11.9 Å². The van der Waals surface area contributed by atoms with Crippen LogP contribution in [0.15, 0.2) is 35.9 Å². The summed E-state index contributed by atoms with van der Waals surface area (Å²) in [5.74, 6) is 0.209. The number of nitrogens with two attached hydrogens (primary N) is 1. The third-order valence-electron chi connectivity index (χ3n) is 4.20. The standard InChI is InChI=1S/C16H20N6O2/c1-2-14(23)22-5-3-10(4-6-22)21-13-9-20-16-12(8-18-13)11(7-19-16)15(17)24/h2,7-10,18,21H,1,3-6H2,(H2,17,24)(H,19,20). The highest BCUT2D eigenvalue weighted by molar-refractivity contribution is 5.93. The van der Waals surface area contributed by atoms with Crippen LogP contribution in [0, 0.1) is 0 Å². The molecule has 5 N–H and O–H groups in total. The first-order chi connectivity index (χ1) is 11.6. The van der Waals surface area contributed by atoms with Gasteiger partial charge >= 0.3 is 0 Å². The number of fused-ring (bicyclic) bond motifs is 1. The Morgan fingerprint density at radius 3 is 2.83 bits per heavy atom. The van der Waals surface area contributed by atoms with Gasteiger partial charge in [-0.3, -0.25) is 9.59 Å². The van der Waals surface area contributed by atoms with Gasteiger partial charge in [-0.05, 0) is 18.9 Å². The molecule has 24 heavy (non-hydrogen) atoms. The van der Waals surface area contributed by atoms with Gasteiger partial charge in [-0.15, -0.1) is 0 Å². The van der Waals surface area contributed by atoms with Crippen LogP contribution in [-0.4, -0.2) is 40.8 Å². The molecule has 2 aliphatic rings. The zero-order valence-electron chi connectivity index (χ0n) is 13.2. The Labute approximate surface area is 138 Å². The number of carbonyl (C=O) groups excluding carboxylic acids is 2. The van der Waals surface area contributed by atoms with Crippen LogP contribution in [0.3, 0.4) is 0 Å². The SMILES string of the molecule is C=CC(=O)N1CCC(NC2=CN=c3[nH]cc(C(N)=O)c3=CN2)CC1. The summed E-state index contributed by atoms with van der Waals surface area (Å²) < 4.78 is 0. The highest BCUT2D eigenvalue weighted by Gasteiger charge is 2.21. The van der Waals surface area contributed by atoms with Crippen LogP contribution in [0.2, 0.25) is 0 Å². The van der Waals surface area contributed by atoms with E-state index < -0.39 is 5.91 Å². The van der Waals surface area contributed by atoms with Crippen molar-refractivity contribution in [2.75, 3.05) is 13.1 Å². The Hall–Kier alpha value is -3.03. The predicted octanol–water partition coefficient (Wildman–Crippen LogP) is -1.36. The fourth-order valence-electron chi connectivity index (χ4n) is 2.87. The van der Waals surface area contributed by atoms with Gasteiger partial charge in [-0.1, -0.05) is 6.58 Å². The van der Waals surface area contributed by atoms with Gasteiger partial charge in [0.1, 0.15) is 11.3 Å². The third-order valence-corrected chi connectivity index (χ3v) is 4.20. The van der Waals surface area contributed by atoms with Gasteiger partial charge in [0.15, 0.2) is 0 Å². The Morgan fingerprint density at radius 1 is 1.42 bits per heavy atom. The number of hydrogen-bond donors (Lipinski definition) is 4. The van der Waals surface area contributed by atoms with Gasteiger partial charge < -0.3 is 26.3 Å². The number of rotatable bonds is 4. The molecule has 0 aromatic carbocycles. The van der Waals surface area contributed by atoms with Crippen LogP contribution in [0.25, 0.3) is 6.20 Å². The summed E-state index contributed by atoms with van der Waals surface area (Å²) in [6, 6.07) is 0.244. The van der Waals surface area contributed by atoms with E-state index in [2.05, 4.69) is 27.2 Å². The summed E-state index contributed by atoms with van der Waals surface area (Å²) >= 11 is 0. The van der Waals surface area contributed by atoms with Crippen molar-refractivity contribution in [3.63, 3.8) is 0 Å². The molecule has 1 aromatic rings.